The minimum Gasteiger partial charge on any atom is -0.467 e. The Kier molecular flexibility index (Phi) is 5.77. The number of thioether (sulfide) groups is 1. The second-order valence-electron chi connectivity index (χ2n) is 7.26. The molecule has 30 heavy (non-hydrogen) atoms. The molecule has 2 atom stereocenters. The van der Waals surface area contributed by atoms with Crippen LogP contribution in [-0.4, -0.2) is 51.7 Å². The number of rotatable bonds is 5. The van der Waals surface area contributed by atoms with E-state index in [1.165, 1.54) is 11.8 Å². The third-order valence-electron chi connectivity index (χ3n) is 5.24. The fourth-order valence-corrected chi connectivity index (χ4v) is 4.81. The van der Waals surface area contributed by atoms with Crippen molar-refractivity contribution in [3.05, 3.63) is 54.0 Å². The Bertz CT molecular complexity index is 983. The second-order valence-corrected chi connectivity index (χ2v) is 8.26. The van der Waals surface area contributed by atoms with Crippen LogP contribution in [0.4, 0.5) is 5.69 Å². The first-order valence-electron chi connectivity index (χ1n) is 9.54. The summed E-state index contributed by atoms with van der Waals surface area (Å²) in [6.45, 7) is 0.663. The summed E-state index contributed by atoms with van der Waals surface area (Å²) in [5, 5.41) is 11.7. The molecule has 154 valence electrons. The maximum atomic E-state index is 13.1. The summed E-state index contributed by atoms with van der Waals surface area (Å²) >= 11 is 1.52. The average Bonchev–Trinajstić information content (AvgIpc) is 3.50. The maximum Gasteiger partial charge on any atom is 0.248 e. The zero-order valence-corrected chi connectivity index (χ0v) is 16.9. The van der Waals surface area contributed by atoms with Crippen LogP contribution in [0.2, 0.25) is 0 Å². The van der Waals surface area contributed by atoms with E-state index in [-0.39, 0.29) is 24.1 Å². The first kappa shape index (κ1) is 20.0. The Morgan fingerprint density at radius 1 is 1.27 bits per heavy atom. The van der Waals surface area contributed by atoms with Gasteiger partial charge in [-0.2, -0.15) is 5.26 Å². The number of hydrogen-bond donors (Lipinski definition) is 1. The Labute approximate surface area is 177 Å². The topological polar surface area (TPSA) is 107 Å². The number of carbonyl (C=O) groups excluding carboxylic acids is 3. The van der Waals surface area contributed by atoms with Crippen LogP contribution < -0.4 is 5.32 Å². The predicted octanol–water partition coefficient (Wildman–Crippen LogP) is 2.04. The summed E-state index contributed by atoms with van der Waals surface area (Å²) in [5.41, 5.74) is 1.08. The van der Waals surface area contributed by atoms with Gasteiger partial charge in [-0.3, -0.25) is 14.4 Å². The van der Waals surface area contributed by atoms with Crippen LogP contribution in [0.3, 0.4) is 0 Å². The van der Waals surface area contributed by atoms with Crippen molar-refractivity contribution in [1.82, 2.24) is 9.80 Å². The van der Waals surface area contributed by atoms with Crippen molar-refractivity contribution in [3.8, 4) is 6.07 Å². The van der Waals surface area contributed by atoms with E-state index in [0.29, 0.717) is 41.7 Å². The molecule has 3 heterocycles. The van der Waals surface area contributed by atoms with E-state index in [2.05, 4.69) is 5.32 Å². The Morgan fingerprint density at radius 3 is 2.77 bits per heavy atom. The van der Waals surface area contributed by atoms with Gasteiger partial charge in [0.15, 0.2) is 0 Å². The van der Waals surface area contributed by atoms with Crippen LogP contribution in [-0.2, 0) is 20.9 Å². The normalized spacial score (nSPS) is 21.0. The highest BCUT2D eigenvalue weighted by Gasteiger charge is 2.42. The Balaban J connectivity index is 1.38. The van der Waals surface area contributed by atoms with Gasteiger partial charge in [-0.25, -0.2) is 0 Å². The van der Waals surface area contributed by atoms with Gasteiger partial charge in [-0.05, 0) is 36.4 Å². The van der Waals surface area contributed by atoms with E-state index < -0.39 is 12.0 Å². The monoisotopic (exact) mass is 424 g/mol. The number of nitrogens with zero attached hydrogens (tertiary/aromatic N) is 3. The summed E-state index contributed by atoms with van der Waals surface area (Å²) in [6.07, 6.45) is 1.70. The molecule has 2 unspecified atom stereocenters. The van der Waals surface area contributed by atoms with Crippen molar-refractivity contribution in [2.45, 2.75) is 19.0 Å². The molecule has 1 aromatic heterocycles. The van der Waals surface area contributed by atoms with Crippen molar-refractivity contribution in [2.24, 2.45) is 5.92 Å². The van der Waals surface area contributed by atoms with Gasteiger partial charge in [0.05, 0.1) is 36.2 Å². The van der Waals surface area contributed by atoms with Crippen molar-refractivity contribution in [1.29, 1.82) is 5.26 Å². The van der Waals surface area contributed by atoms with Crippen LogP contribution in [0.25, 0.3) is 0 Å². The highest BCUT2D eigenvalue weighted by Crippen LogP contribution is 2.28. The van der Waals surface area contributed by atoms with Crippen molar-refractivity contribution in [2.75, 3.05) is 23.5 Å². The molecule has 9 heteroatoms. The number of hydrogen-bond acceptors (Lipinski definition) is 6. The van der Waals surface area contributed by atoms with E-state index in [9.17, 15) is 14.4 Å². The van der Waals surface area contributed by atoms with Crippen LogP contribution in [0, 0.1) is 17.2 Å². The summed E-state index contributed by atoms with van der Waals surface area (Å²) < 4.78 is 5.30. The van der Waals surface area contributed by atoms with Gasteiger partial charge in [0.1, 0.15) is 11.8 Å². The van der Waals surface area contributed by atoms with Gasteiger partial charge in [-0.1, -0.05) is 0 Å². The molecule has 0 radical (unpaired) electrons. The molecule has 2 aromatic rings. The molecule has 1 N–H and O–H groups in total. The Hall–Kier alpha value is -3.25. The largest absolute Gasteiger partial charge is 0.467 e. The van der Waals surface area contributed by atoms with Crippen molar-refractivity contribution >= 4 is 35.2 Å². The van der Waals surface area contributed by atoms with Crippen molar-refractivity contribution < 1.29 is 18.8 Å². The SMILES string of the molecule is N#Cc1ccc(NC(=O)C2CSCN2C(=O)C2CC(=O)N(Cc3ccco3)C2)cc1. The number of nitrogens with one attached hydrogen (secondary N) is 1. The minimum absolute atomic E-state index is 0.0878. The lowest BCUT2D eigenvalue weighted by Crippen LogP contribution is -2.47. The van der Waals surface area contributed by atoms with Gasteiger partial charge in [0, 0.05) is 24.4 Å². The molecule has 0 aliphatic carbocycles. The number of nitriles is 1. The standard InChI is InChI=1S/C21H20N4O4S/c22-9-14-3-5-16(6-4-14)23-20(27)18-12-30-13-25(18)21(28)15-8-19(26)24(10-15)11-17-2-1-7-29-17/h1-7,15,18H,8,10-13H2,(H,23,27). The summed E-state index contributed by atoms with van der Waals surface area (Å²) in [6, 6.07) is 11.6. The summed E-state index contributed by atoms with van der Waals surface area (Å²) in [7, 11) is 0. The molecule has 2 saturated heterocycles. The molecule has 2 aliphatic heterocycles. The molecule has 1 aromatic carbocycles. The molecular weight excluding hydrogens is 404 g/mol. The number of furan rings is 1. The molecule has 0 saturated carbocycles. The number of carbonyl (C=O) groups is 3. The number of anilines is 1. The molecule has 4 rings (SSSR count). The smallest absolute Gasteiger partial charge is 0.248 e. The van der Waals surface area contributed by atoms with Gasteiger partial charge in [-0.15, -0.1) is 11.8 Å². The van der Waals surface area contributed by atoms with E-state index in [0.717, 1.165) is 0 Å². The zero-order valence-electron chi connectivity index (χ0n) is 16.1. The number of amides is 3. The highest BCUT2D eigenvalue weighted by atomic mass is 32.2. The van der Waals surface area contributed by atoms with Crippen LogP contribution in [0.5, 0.6) is 0 Å². The third-order valence-corrected chi connectivity index (χ3v) is 6.25. The second kappa shape index (κ2) is 8.63. The van der Waals surface area contributed by atoms with E-state index in [1.807, 2.05) is 6.07 Å². The fraction of sp³-hybridized carbons (Fsp3) is 0.333. The molecule has 0 spiro atoms. The highest BCUT2D eigenvalue weighted by molar-refractivity contribution is 7.99. The van der Waals surface area contributed by atoms with Gasteiger partial charge < -0.3 is 19.5 Å². The van der Waals surface area contributed by atoms with Gasteiger partial charge >= 0.3 is 0 Å². The fourth-order valence-electron chi connectivity index (χ4n) is 3.65. The lowest BCUT2D eigenvalue weighted by atomic mass is 10.1. The third kappa shape index (κ3) is 4.19. The van der Waals surface area contributed by atoms with Crippen LogP contribution in [0.1, 0.15) is 17.7 Å². The maximum absolute atomic E-state index is 13.1. The van der Waals surface area contributed by atoms with E-state index in [1.54, 1.807) is 52.5 Å². The summed E-state index contributed by atoms with van der Waals surface area (Å²) in [5.74, 6) is 0.613. The predicted molar refractivity (Wildman–Crippen MR) is 110 cm³/mol. The minimum atomic E-state index is -0.590. The Morgan fingerprint density at radius 2 is 2.07 bits per heavy atom. The average molecular weight is 424 g/mol. The van der Waals surface area contributed by atoms with E-state index >= 15 is 0 Å². The first-order chi connectivity index (χ1) is 14.5. The van der Waals surface area contributed by atoms with Crippen LogP contribution in [0.15, 0.2) is 47.1 Å². The van der Waals surface area contributed by atoms with Gasteiger partial charge in [0.25, 0.3) is 0 Å². The zero-order chi connectivity index (χ0) is 21.1. The lowest BCUT2D eigenvalue weighted by molar-refractivity contribution is -0.139. The van der Waals surface area contributed by atoms with E-state index in [4.69, 9.17) is 9.68 Å². The summed E-state index contributed by atoms with van der Waals surface area (Å²) in [4.78, 5) is 41.4. The quantitative estimate of drug-likeness (QED) is 0.787. The molecule has 0 bridgehead atoms. The van der Waals surface area contributed by atoms with Crippen LogP contribution >= 0.6 is 11.8 Å². The lowest BCUT2D eigenvalue weighted by Gasteiger charge is -2.25. The molecule has 3 amide bonds. The molecule has 2 aliphatic rings. The molecular formula is C21H20N4O4S. The van der Waals surface area contributed by atoms with Crippen molar-refractivity contribution in [3.63, 3.8) is 0 Å². The first-order valence-corrected chi connectivity index (χ1v) is 10.7. The molecule has 8 nitrogen and oxygen atoms in total. The number of benzene rings is 1. The van der Waals surface area contributed by atoms with Gasteiger partial charge in [0.2, 0.25) is 17.7 Å². The number of likely N-dealkylation sites (tertiary alicyclic amines) is 1. The molecule has 2 fully saturated rings.